The smallest absolute Gasteiger partial charge is 0.0636 e. The molecule has 1 heteroatoms. The summed E-state index contributed by atoms with van der Waals surface area (Å²) < 4.78 is 0. The van der Waals surface area contributed by atoms with Gasteiger partial charge in [-0.2, -0.15) is 0 Å². The predicted molar refractivity (Wildman–Crippen MR) is 82.1 cm³/mol. The standard InChI is InChI=1S/C19H26O/c1-16(2)13-8-10-18(4,15(13)20)19(16)12-11-17(3)9-6-5-7-14(17)19/h5-7,9,11-15,20H,8,10H2,1-4H3/t13?,14-,15?,17-,18?,19?/m0/s1. The summed E-state index contributed by atoms with van der Waals surface area (Å²) in [5, 5.41) is 10.9. The molecule has 1 nitrogen and oxygen atoms in total. The van der Waals surface area contributed by atoms with Crippen LogP contribution in [0.3, 0.4) is 0 Å². The van der Waals surface area contributed by atoms with E-state index in [0.29, 0.717) is 11.8 Å². The van der Waals surface area contributed by atoms with Crippen molar-refractivity contribution in [1.82, 2.24) is 0 Å². The van der Waals surface area contributed by atoms with Crippen LogP contribution in [0.1, 0.15) is 40.5 Å². The van der Waals surface area contributed by atoms with Gasteiger partial charge in [-0.1, -0.05) is 64.2 Å². The van der Waals surface area contributed by atoms with Crippen molar-refractivity contribution in [3.8, 4) is 0 Å². The molecule has 6 atom stereocenters. The minimum absolute atomic E-state index is 0.0234. The summed E-state index contributed by atoms with van der Waals surface area (Å²) in [5.41, 5.74) is 0.404. The molecule has 0 radical (unpaired) electrons. The minimum atomic E-state index is -0.149. The maximum Gasteiger partial charge on any atom is 0.0636 e. The molecule has 1 N–H and O–H groups in total. The maximum atomic E-state index is 10.9. The van der Waals surface area contributed by atoms with Crippen molar-refractivity contribution >= 4 is 0 Å². The van der Waals surface area contributed by atoms with Crippen molar-refractivity contribution in [2.75, 3.05) is 0 Å². The number of hydrogen-bond donors (Lipinski definition) is 1. The first-order valence-corrected chi connectivity index (χ1v) is 8.04. The minimum Gasteiger partial charge on any atom is -0.392 e. The molecule has 2 bridgehead atoms. The van der Waals surface area contributed by atoms with Crippen LogP contribution >= 0.6 is 0 Å². The molecule has 0 aromatic heterocycles. The molecule has 4 rings (SSSR count). The van der Waals surface area contributed by atoms with Gasteiger partial charge in [-0.3, -0.25) is 0 Å². The van der Waals surface area contributed by atoms with Crippen LogP contribution in [-0.4, -0.2) is 11.2 Å². The van der Waals surface area contributed by atoms with Gasteiger partial charge in [-0.25, -0.2) is 0 Å². The van der Waals surface area contributed by atoms with Crippen LogP contribution in [0, 0.1) is 33.5 Å². The van der Waals surface area contributed by atoms with E-state index < -0.39 is 0 Å². The maximum absolute atomic E-state index is 10.9. The molecule has 0 aliphatic heterocycles. The van der Waals surface area contributed by atoms with Gasteiger partial charge >= 0.3 is 0 Å². The molecule has 4 aliphatic carbocycles. The Bertz CT molecular complexity index is 554. The van der Waals surface area contributed by atoms with Crippen LogP contribution in [0.5, 0.6) is 0 Å². The molecule has 0 aromatic carbocycles. The average molecular weight is 270 g/mol. The molecule has 2 saturated carbocycles. The number of rotatable bonds is 0. The van der Waals surface area contributed by atoms with Crippen molar-refractivity contribution in [2.45, 2.75) is 46.6 Å². The predicted octanol–water partition coefficient (Wildman–Crippen LogP) is 4.11. The summed E-state index contributed by atoms with van der Waals surface area (Å²) in [4.78, 5) is 0. The first-order valence-electron chi connectivity index (χ1n) is 8.04. The molecular weight excluding hydrogens is 244 g/mol. The van der Waals surface area contributed by atoms with E-state index in [0.717, 1.165) is 6.42 Å². The normalized spacial score (nSPS) is 57.8. The molecule has 20 heavy (non-hydrogen) atoms. The fraction of sp³-hybridized carbons (Fsp3) is 0.684. The van der Waals surface area contributed by atoms with Crippen molar-refractivity contribution < 1.29 is 5.11 Å². The molecular formula is C19H26O. The molecule has 0 saturated heterocycles. The monoisotopic (exact) mass is 270 g/mol. The summed E-state index contributed by atoms with van der Waals surface area (Å²) in [6.45, 7) is 9.48. The summed E-state index contributed by atoms with van der Waals surface area (Å²) >= 11 is 0. The SMILES string of the molecule is CC1(C)C2CCC(C)(C2O)C12C=C[C@]1(C)C=CC=C[C@H]21. The average Bonchev–Trinajstić information content (AvgIpc) is 2.90. The van der Waals surface area contributed by atoms with Crippen LogP contribution in [0.25, 0.3) is 0 Å². The Hall–Kier alpha value is -0.820. The van der Waals surface area contributed by atoms with Gasteiger partial charge in [0.05, 0.1) is 6.10 Å². The van der Waals surface area contributed by atoms with Gasteiger partial charge in [0.2, 0.25) is 0 Å². The number of aliphatic hydroxyl groups excluding tert-OH is 1. The van der Waals surface area contributed by atoms with Gasteiger partial charge in [0.1, 0.15) is 0 Å². The van der Waals surface area contributed by atoms with E-state index in [1.54, 1.807) is 0 Å². The highest BCUT2D eigenvalue weighted by Crippen LogP contribution is 2.79. The number of allylic oxidation sites excluding steroid dienone is 6. The van der Waals surface area contributed by atoms with Gasteiger partial charge in [0.25, 0.3) is 0 Å². The number of aliphatic hydroxyl groups is 1. The van der Waals surface area contributed by atoms with Gasteiger partial charge in [-0.05, 0) is 30.1 Å². The lowest BCUT2D eigenvalue weighted by molar-refractivity contribution is -0.0570. The second kappa shape index (κ2) is 3.32. The Morgan fingerprint density at radius 3 is 2.40 bits per heavy atom. The summed E-state index contributed by atoms with van der Waals surface area (Å²) in [6, 6.07) is 0. The van der Waals surface area contributed by atoms with Crippen molar-refractivity contribution in [3.05, 3.63) is 36.5 Å². The van der Waals surface area contributed by atoms with Gasteiger partial charge < -0.3 is 5.11 Å². The third-order valence-electron chi connectivity index (χ3n) is 7.68. The zero-order chi connectivity index (χ0) is 14.4. The molecule has 0 aromatic rings. The van der Waals surface area contributed by atoms with E-state index in [1.165, 1.54) is 6.42 Å². The van der Waals surface area contributed by atoms with Crippen LogP contribution in [0.4, 0.5) is 0 Å². The molecule has 1 spiro atoms. The Balaban J connectivity index is 1.96. The van der Waals surface area contributed by atoms with Crippen molar-refractivity contribution in [3.63, 3.8) is 0 Å². The first kappa shape index (κ1) is 12.9. The molecule has 0 heterocycles. The van der Waals surface area contributed by atoms with Gasteiger partial charge in [0, 0.05) is 16.2 Å². The van der Waals surface area contributed by atoms with E-state index in [4.69, 9.17) is 0 Å². The highest BCUT2D eigenvalue weighted by atomic mass is 16.3. The van der Waals surface area contributed by atoms with Crippen LogP contribution in [0.15, 0.2) is 36.5 Å². The lowest BCUT2D eigenvalue weighted by atomic mass is 9.46. The Labute approximate surface area is 122 Å². The topological polar surface area (TPSA) is 20.2 Å². The Morgan fingerprint density at radius 1 is 1.00 bits per heavy atom. The molecule has 108 valence electrons. The van der Waals surface area contributed by atoms with Gasteiger partial charge in [0.15, 0.2) is 0 Å². The largest absolute Gasteiger partial charge is 0.392 e. The van der Waals surface area contributed by atoms with Crippen LogP contribution < -0.4 is 0 Å². The molecule has 4 aliphatic rings. The Kier molecular flexibility index (Phi) is 2.14. The Morgan fingerprint density at radius 2 is 1.75 bits per heavy atom. The van der Waals surface area contributed by atoms with Crippen molar-refractivity contribution in [2.24, 2.45) is 33.5 Å². The van der Waals surface area contributed by atoms with Gasteiger partial charge in [-0.15, -0.1) is 0 Å². The second-order valence-corrected chi connectivity index (χ2v) is 8.52. The first-order chi connectivity index (χ1) is 9.30. The quantitative estimate of drug-likeness (QED) is 0.657. The third kappa shape index (κ3) is 1.03. The second-order valence-electron chi connectivity index (χ2n) is 8.52. The summed E-state index contributed by atoms with van der Waals surface area (Å²) in [6.07, 6.45) is 16.2. The van der Waals surface area contributed by atoms with E-state index >= 15 is 0 Å². The van der Waals surface area contributed by atoms with Crippen LogP contribution in [-0.2, 0) is 0 Å². The van der Waals surface area contributed by atoms with Crippen molar-refractivity contribution in [1.29, 1.82) is 0 Å². The van der Waals surface area contributed by atoms with E-state index in [2.05, 4.69) is 64.2 Å². The van der Waals surface area contributed by atoms with Crippen LogP contribution in [0.2, 0.25) is 0 Å². The summed E-state index contributed by atoms with van der Waals surface area (Å²) in [7, 11) is 0. The molecule has 2 fully saturated rings. The zero-order valence-corrected chi connectivity index (χ0v) is 13.1. The van der Waals surface area contributed by atoms with E-state index in [1.807, 2.05) is 0 Å². The zero-order valence-electron chi connectivity index (χ0n) is 13.1. The lowest BCUT2D eigenvalue weighted by Gasteiger charge is -2.56. The molecule has 0 amide bonds. The summed E-state index contributed by atoms with van der Waals surface area (Å²) in [5.74, 6) is 0.929. The number of hydrogen-bond acceptors (Lipinski definition) is 1. The number of fused-ring (bicyclic) bond motifs is 5. The lowest BCUT2D eigenvalue weighted by Crippen LogP contribution is -2.52. The third-order valence-corrected chi connectivity index (χ3v) is 7.68. The fourth-order valence-electron chi connectivity index (χ4n) is 6.58. The fourth-order valence-corrected chi connectivity index (χ4v) is 6.58. The highest BCUT2D eigenvalue weighted by molar-refractivity contribution is 5.42. The molecule has 4 unspecified atom stereocenters. The van der Waals surface area contributed by atoms with E-state index in [-0.39, 0.29) is 27.8 Å². The van der Waals surface area contributed by atoms with E-state index in [9.17, 15) is 5.11 Å². The highest BCUT2D eigenvalue weighted by Gasteiger charge is 2.76.